The van der Waals surface area contributed by atoms with Crippen molar-refractivity contribution in [3.63, 3.8) is 0 Å². The smallest absolute Gasteiger partial charge is 0.0954 e. The standard InChI is InChI=1S/C6H11F/c1-3-4-6(2)5-7/h3-4,6H,5H2,1-2H3/b4-3+. The average Bonchev–Trinajstić information content (AvgIpc) is 1.68. The molecule has 0 aliphatic heterocycles. The number of hydrogen-bond acceptors (Lipinski definition) is 0. The van der Waals surface area contributed by atoms with E-state index >= 15 is 0 Å². The molecule has 0 aromatic heterocycles. The van der Waals surface area contributed by atoms with Crippen LogP contribution in [-0.2, 0) is 0 Å². The minimum atomic E-state index is -0.246. The first-order valence-electron chi connectivity index (χ1n) is 2.50. The van der Waals surface area contributed by atoms with Gasteiger partial charge in [-0.15, -0.1) is 0 Å². The number of rotatable bonds is 2. The van der Waals surface area contributed by atoms with Gasteiger partial charge in [-0.1, -0.05) is 19.1 Å². The minimum absolute atomic E-state index is 0.102. The molecule has 0 amide bonds. The van der Waals surface area contributed by atoms with E-state index in [1.54, 1.807) is 0 Å². The highest BCUT2D eigenvalue weighted by Gasteiger charge is 1.89. The Morgan fingerprint density at radius 1 is 1.71 bits per heavy atom. The van der Waals surface area contributed by atoms with Crippen LogP contribution in [0.5, 0.6) is 0 Å². The first-order valence-corrected chi connectivity index (χ1v) is 2.50. The van der Waals surface area contributed by atoms with Crippen molar-refractivity contribution >= 4 is 0 Å². The van der Waals surface area contributed by atoms with E-state index < -0.39 is 0 Å². The van der Waals surface area contributed by atoms with E-state index in [2.05, 4.69) is 0 Å². The first kappa shape index (κ1) is 6.67. The second-order valence-electron chi connectivity index (χ2n) is 1.66. The van der Waals surface area contributed by atoms with E-state index in [0.29, 0.717) is 0 Å². The molecule has 0 nitrogen and oxygen atoms in total. The maximum absolute atomic E-state index is 11.5. The zero-order valence-electron chi connectivity index (χ0n) is 4.82. The summed E-state index contributed by atoms with van der Waals surface area (Å²) in [6, 6.07) is 0. The van der Waals surface area contributed by atoms with Crippen LogP contribution in [0.25, 0.3) is 0 Å². The van der Waals surface area contributed by atoms with Gasteiger partial charge in [-0.25, -0.2) is 0 Å². The van der Waals surface area contributed by atoms with Crippen molar-refractivity contribution in [3.05, 3.63) is 12.2 Å². The lowest BCUT2D eigenvalue weighted by atomic mass is 10.2. The van der Waals surface area contributed by atoms with Crippen LogP contribution in [0.1, 0.15) is 13.8 Å². The number of halogens is 1. The SMILES string of the molecule is C/C=C/C(C)CF. The van der Waals surface area contributed by atoms with Crippen molar-refractivity contribution < 1.29 is 4.39 Å². The van der Waals surface area contributed by atoms with Crippen LogP contribution in [0.2, 0.25) is 0 Å². The fourth-order valence-corrected chi connectivity index (χ4v) is 0.380. The fourth-order valence-electron chi connectivity index (χ4n) is 0.380. The first-order chi connectivity index (χ1) is 3.31. The molecule has 0 radical (unpaired) electrons. The third-order valence-corrected chi connectivity index (χ3v) is 0.764. The molecule has 7 heavy (non-hydrogen) atoms. The Balaban J connectivity index is 3.16. The lowest BCUT2D eigenvalue weighted by molar-refractivity contribution is 0.430. The third kappa shape index (κ3) is 3.50. The summed E-state index contributed by atoms with van der Waals surface area (Å²) in [4.78, 5) is 0. The van der Waals surface area contributed by atoms with Crippen molar-refractivity contribution in [3.8, 4) is 0 Å². The van der Waals surface area contributed by atoms with Gasteiger partial charge in [-0.05, 0) is 6.92 Å². The van der Waals surface area contributed by atoms with Crippen molar-refractivity contribution in [1.29, 1.82) is 0 Å². The van der Waals surface area contributed by atoms with Crippen molar-refractivity contribution in [2.24, 2.45) is 5.92 Å². The lowest BCUT2D eigenvalue weighted by Crippen LogP contribution is -1.88. The monoisotopic (exact) mass is 102 g/mol. The van der Waals surface area contributed by atoms with Crippen molar-refractivity contribution in [2.75, 3.05) is 6.67 Å². The molecule has 0 saturated carbocycles. The van der Waals surface area contributed by atoms with E-state index in [1.165, 1.54) is 0 Å². The Hall–Kier alpha value is -0.330. The Morgan fingerprint density at radius 3 is 2.43 bits per heavy atom. The molecule has 42 valence electrons. The van der Waals surface area contributed by atoms with Gasteiger partial charge in [-0.2, -0.15) is 0 Å². The summed E-state index contributed by atoms with van der Waals surface area (Å²) >= 11 is 0. The van der Waals surface area contributed by atoms with Crippen LogP contribution >= 0.6 is 0 Å². The van der Waals surface area contributed by atoms with Crippen LogP contribution in [0.3, 0.4) is 0 Å². The molecule has 0 aliphatic carbocycles. The maximum atomic E-state index is 11.5. The third-order valence-electron chi connectivity index (χ3n) is 0.764. The Morgan fingerprint density at radius 2 is 2.29 bits per heavy atom. The summed E-state index contributed by atoms with van der Waals surface area (Å²) in [6.45, 7) is 3.50. The Bertz CT molecular complexity index is 57.2. The zero-order chi connectivity index (χ0) is 5.70. The molecule has 0 bridgehead atoms. The highest BCUT2D eigenvalue weighted by molar-refractivity contribution is 4.81. The highest BCUT2D eigenvalue weighted by atomic mass is 19.1. The van der Waals surface area contributed by atoms with Gasteiger partial charge >= 0.3 is 0 Å². The van der Waals surface area contributed by atoms with E-state index in [9.17, 15) is 4.39 Å². The summed E-state index contributed by atoms with van der Waals surface area (Å²) < 4.78 is 11.5. The van der Waals surface area contributed by atoms with E-state index in [0.717, 1.165) is 0 Å². The van der Waals surface area contributed by atoms with E-state index in [4.69, 9.17) is 0 Å². The van der Waals surface area contributed by atoms with Gasteiger partial charge in [-0.3, -0.25) is 4.39 Å². The molecule has 0 fully saturated rings. The molecular formula is C6H11F. The molecule has 0 saturated heterocycles. The van der Waals surface area contributed by atoms with Crippen LogP contribution in [0, 0.1) is 5.92 Å². The van der Waals surface area contributed by atoms with Crippen molar-refractivity contribution in [1.82, 2.24) is 0 Å². The maximum Gasteiger partial charge on any atom is 0.0954 e. The second-order valence-corrected chi connectivity index (χ2v) is 1.66. The second kappa shape index (κ2) is 3.85. The number of allylic oxidation sites excluding steroid dienone is 2. The zero-order valence-corrected chi connectivity index (χ0v) is 4.82. The molecule has 1 atom stereocenters. The molecule has 0 aromatic rings. The fraction of sp³-hybridized carbons (Fsp3) is 0.667. The van der Waals surface area contributed by atoms with Gasteiger partial charge < -0.3 is 0 Å². The molecule has 0 heterocycles. The summed E-state index contributed by atoms with van der Waals surface area (Å²) in [5.41, 5.74) is 0. The Kier molecular flexibility index (Phi) is 3.67. The topological polar surface area (TPSA) is 0 Å². The molecule has 0 rings (SSSR count). The van der Waals surface area contributed by atoms with E-state index in [1.807, 2.05) is 26.0 Å². The molecule has 0 aliphatic rings. The van der Waals surface area contributed by atoms with E-state index in [-0.39, 0.29) is 12.6 Å². The molecule has 1 unspecified atom stereocenters. The predicted octanol–water partition coefficient (Wildman–Crippen LogP) is 2.17. The van der Waals surface area contributed by atoms with Gasteiger partial charge in [0, 0.05) is 5.92 Å². The summed E-state index contributed by atoms with van der Waals surface area (Å²) in [7, 11) is 0. The summed E-state index contributed by atoms with van der Waals surface area (Å²) in [5.74, 6) is 0.102. The molecule has 0 spiro atoms. The lowest BCUT2D eigenvalue weighted by Gasteiger charge is -1.92. The Labute approximate surface area is 44.0 Å². The quantitative estimate of drug-likeness (QED) is 0.469. The minimum Gasteiger partial charge on any atom is -0.250 e. The van der Waals surface area contributed by atoms with Gasteiger partial charge in [0.1, 0.15) is 0 Å². The van der Waals surface area contributed by atoms with Gasteiger partial charge in [0.2, 0.25) is 0 Å². The molecule has 0 N–H and O–H groups in total. The van der Waals surface area contributed by atoms with Gasteiger partial charge in [0.05, 0.1) is 6.67 Å². The van der Waals surface area contributed by atoms with Crippen LogP contribution in [0.4, 0.5) is 4.39 Å². The highest BCUT2D eigenvalue weighted by Crippen LogP contribution is 1.95. The molecule has 1 heteroatoms. The number of alkyl halides is 1. The summed E-state index contributed by atoms with van der Waals surface area (Å²) in [5, 5.41) is 0. The van der Waals surface area contributed by atoms with Gasteiger partial charge in [0.25, 0.3) is 0 Å². The van der Waals surface area contributed by atoms with Crippen LogP contribution in [-0.4, -0.2) is 6.67 Å². The van der Waals surface area contributed by atoms with Gasteiger partial charge in [0.15, 0.2) is 0 Å². The van der Waals surface area contributed by atoms with Crippen LogP contribution in [0.15, 0.2) is 12.2 Å². The average molecular weight is 102 g/mol. The molecule has 0 aromatic carbocycles. The normalized spacial score (nSPS) is 15.3. The number of hydrogen-bond donors (Lipinski definition) is 0. The predicted molar refractivity (Wildman–Crippen MR) is 30.0 cm³/mol. The summed E-state index contributed by atoms with van der Waals surface area (Å²) in [6.07, 6.45) is 3.71. The largest absolute Gasteiger partial charge is 0.250 e. The van der Waals surface area contributed by atoms with Crippen LogP contribution < -0.4 is 0 Å². The molecular weight excluding hydrogens is 91.1 g/mol. The van der Waals surface area contributed by atoms with Crippen molar-refractivity contribution in [2.45, 2.75) is 13.8 Å².